The van der Waals surface area contributed by atoms with Crippen LogP contribution in [0.1, 0.15) is 0 Å². The molecular formula is C16H14O4. The predicted octanol–water partition coefficient (Wildman–Crippen LogP) is 3.35. The van der Waals surface area contributed by atoms with Crippen molar-refractivity contribution in [3.05, 3.63) is 60.7 Å². The first-order valence-corrected chi connectivity index (χ1v) is 5.96. The lowest BCUT2D eigenvalue weighted by Gasteiger charge is -2.01. The summed E-state index contributed by atoms with van der Waals surface area (Å²) in [4.78, 5) is 0. The van der Waals surface area contributed by atoms with E-state index in [1.807, 2.05) is 18.2 Å². The molecule has 0 aliphatic heterocycles. The van der Waals surface area contributed by atoms with Crippen molar-refractivity contribution in [1.82, 2.24) is 0 Å². The summed E-state index contributed by atoms with van der Waals surface area (Å²) >= 11 is 0. The maximum atomic E-state index is 9.41. The average Bonchev–Trinajstić information content (AvgIpc) is 2.47. The zero-order valence-corrected chi connectivity index (χ0v) is 10.6. The summed E-state index contributed by atoms with van der Waals surface area (Å²) in [5, 5.41) is 37.5. The van der Waals surface area contributed by atoms with Gasteiger partial charge in [0.2, 0.25) is 0 Å². The number of hydrogen-bond donors (Lipinski definition) is 4. The average molecular weight is 270 g/mol. The van der Waals surface area contributed by atoms with Crippen molar-refractivity contribution in [2.45, 2.75) is 0 Å². The molecule has 0 spiro atoms. The molecule has 0 aliphatic carbocycles. The van der Waals surface area contributed by atoms with Crippen LogP contribution in [0, 0.1) is 0 Å². The topological polar surface area (TPSA) is 80.9 Å². The monoisotopic (exact) mass is 270 g/mol. The molecule has 0 bridgehead atoms. The fraction of sp³-hybridized carbons (Fsp3) is 0. The zero-order valence-electron chi connectivity index (χ0n) is 10.6. The Morgan fingerprint density at radius 1 is 0.500 bits per heavy atom. The summed E-state index contributed by atoms with van der Waals surface area (Å²) in [6.45, 7) is 0. The number of para-hydroxylation sites is 2. The van der Waals surface area contributed by atoms with E-state index in [1.165, 1.54) is 18.2 Å². The van der Waals surface area contributed by atoms with Gasteiger partial charge < -0.3 is 20.4 Å². The van der Waals surface area contributed by atoms with Crippen LogP contribution in [0.2, 0.25) is 0 Å². The molecule has 3 aromatic rings. The first-order valence-electron chi connectivity index (χ1n) is 5.96. The molecule has 3 aromatic carbocycles. The largest absolute Gasteiger partial charge is 0.504 e. The van der Waals surface area contributed by atoms with Gasteiger partial charge in [-0.05, 0) is 23.6 Å². The molecule has 0 fully saturated rings. The first kappa shape index (κ1) is 13.5. The second kappa shape index (κ2) is 5.84. The quantitative estimate of drug-likeness (QED) is 0.472. The first-order chi connectivity index (χ1) is 9.59. The predicted molar refractivity (Wildman–Crippen MR) is 77.0 cm³/mol. The smallest absolute Gasteiger partial charge is 0.165 e. The number of phenols is 4. The zero-order chi connectivity index (χ0) is 14.5. The number of rotatable bonds is 0. The van der Waals surface area contributed by atoms with Crippen molar-refractivity contribution in [2.24, 2.45) is 0 Å². The molecule has 0 saturated carbocycles. The van der Waals surface area contributed by atoms with Crippen molar-refractivity contribution in [3.8, 4) is 23.0 Å². The molecule has 0 radical (unpaired) electrons. The Balaban J connectivity index is 0.000000160. The van der Waals surface area contributed by atoms with Gasteiger partial charge in [0, 0.05) is 5.39 Å². The third kappa shape index (κ3) is 2.92. The van der Waals surface area contributed by atoms with Crippen molar-refractivity contribution in [1.29, 1.82) is 0 Å². The molecule has 0 saturated heterocycles. The van der Waals surface area contributed by atoms with Crippen LogP contribution in [0.25, 0.3) is 10.8 Å². The molecule has 0 aromatic heterocycles. The van der Waals surface area contributed by atoms with Gasteiger partial charge in [0.25, 0.3) is 0 Å². The van der Waals surface area contributed by atoms with E-state index in [2.05, 4.69) is 0 Å². The van der Waals surface area contributed by atoms with E-state index in [-0.39, 0.29) is 23.0 Å². The van der Waals surface area contributed by atoms with Crippen molar-refractivity contribution in [2.75, 3.05) is 0 Å². The van der Waals surface area contributed by atoms with E-state index in [1.54, 1.807) is 24.3 Å². The fourth-order valence-corrected chi connectivity index (χ4v) is 1.71. The Bertz CT molecular complexity index is 701. The number of hydrogen-bond acceptors (Lipinski definition) is 4. The molecule has 102 valence electrons. The molecule has 0 aliphatic rings. The fourth-order valence-electron chi connectivity index (χ4n) is 1.71. The van der Waals surface area contributed by atoms with E-state index in [4.69, 9.17) is 15.3 Å². The van der Waals surface area contributed by atoms with Crippen LogP contribution in [0.15, 0.2) is 60.7 Å². The van der Waals surface area contributed by atoms with Gasteiger partial charge in [-0.1, -0.05) is 42.5 Å². The highest BCUT2D eigenvalue weighted by Gasteiger charge is 2.02. The van der Waals surface area contributed by atoms with Gasteiger partial charge in [0.1, 0.15) is 0 Å². The third-order valence-corrected chi connectivity index (χ3v) is 2.76. The second-order valence-corrected chi connectivity index (χ2v) is 4.14. The summed E-state index contributed by atoms with van der Waals surface area (Å²) < 4.78 is 0. The van der Waals surface area contributed by atoms with Gasteiger partial charge in [0.05, 0.1) is 0 Å². The minimum Gasteiger partial charge on any atom is -0.504 e. The van der Waals surface area contributed by atoms with Crippen LogP contribution in [-0.4, -0.2) is 20.4 Å². The molecule has 4 N–H and O–H groups in total. The van der Waals surface area contributed by atoms with Crippen molar-refractivity contribution < 1.29 is 20.4 Å². The summed E-state index contributed by atoms with van der Waals surface area (Å²) in [6, 6.07) is 16.8. The maximum absolute atomic E-state index is 9.41. The molecule has 0 unspecified atom stereocenters. The number of fused-ring (bicyclic) bond motifs is 1. The second-order valence-electron chi connectivity index (χ2n) is 4.14. The van der Waals surface area contributed by atoms with Gasteiger partial charge in [-0.3, -0.25) is 0 Å². The molecule has 4 heteroatoms. The van der Waals surface area contributed by atoms with Gasteiger partial charge in [-0.15, -0.1) is 0 Å². The summed E-state index contributed by atoms with van der Waals surface area (Å²) in [5.41, 5.74) is 0. The van der Waals surface area contributed by atoms with E-state index in [0.717, 1.165) is 5.39 Å². The Morgan fingerprint density at radius 2 is 1.05 bits per heavy atom. The molecule has 0 heterocycles. The van der Waals surface area contributed by atoms with Crippen molar-refractivity contribution in [3.63, 3.8) is 0 Å². The van der Waals surface area contributed by atoms with E-state index in [9.17, 15) is 5.11 Å². The minimum absolute atomic E-state index is 0.0481. The summed E-state index contributed by atoms with van der Waals surface area (Å²) in [5.74, 6) is -0.276. The van der Waals surface area contributed by atoms with Crippen LogP contribution in [-0.2, 0) is 0 Å². The van der Waals surface area contributed by atoms with Crippen LogP contribution >= 0.6 is 0 Å². The highest BCUT2D eigenvalue weighted by molar-refractivity contribution is 5.90. The summed E-state index contributed by atoms with van der Waals surface area (Å²) in [7, 11) is 0. The van der Waals surface area contributed by atoms with Crippen LogP contribution < -0.4 is 0 Å². The number of phenolic OH excluding ortho intramolecular Hbond substituents is 4. The van der Waals surface area contributed by atoms with E-state index < -0.39 is 0 Å². The van der Waals surface area contributed by atoms with Gasteiger partial charge >= 0.3 is 0 Å². The Morgan fingerprint density at radius 3 is 1.65 bits per heavy atom. The lowest BCUT2D eigenvalue weighted by molar-refractivity contribution is 0.404. The molecule has 20 heavy (non-hydrogen) atoms. The van der Waals surface area contributed by atoms with Gasteiger partial charge in [0.15, 0.2) is 23.0 Å². The van der Waals surface area contributed by atoms with E-state index >= 15 is 0 Å². The maximum Gasteiger partial charge on any atom is 0.165 e. The molecule has 0 atom stereocenters. The molecule has 3 rings (SSSR count). The van der Waals surface area contributed by atoms with Crippen LogP contribution in [0.3, 0.4) is 0 Å². The Kier molecular flexibility index (Phi) is 3.96. The third-order valence-electron chi connectivity index (χ3n) is 2.76. The standard InChI is InChI=1S/C10H8O2.C6H6O2/c11-9-6-5-7-3-1-2-4-8(7)10(9)12;7-5-3-1-2-4-6(5)8/h1-6,11-12H;1-4,7-8H. The lowest BCUT2D eigenvalue weighted by Crippen LogP contribution is -1.73. The SMILES string of the molecule is Oc1ccc2ccccc2c1O.Oc1ccccc1O. The summed E-state index contributed by atoms with van der Waals surface area (Å²) in [6.07, 6.45) is 0. The highest BCUT2D eigenvalue weighted by Crippen LogP contribution is 2.32. The lowest BCUT2D eigenvalue weighted by atomic mass is 10.1. The highest BCUT2D eigenvalue weighted by atomic mass is 16.3. The molecule has 0 amide bonds. The van der Waals surface area contributed by atoms with Gasteiger partial charge in [-0.2, -0.15) is 0 Å². The Hall–Kier alpha value is -2.88. The Labute approximate surface area is 115 Å². The minimum atomic E-state index is -0.0764. The van der Waals surface area contributed by atoms with Crippen molar-refractivity contribution >= 4 is 10.8 Å². The molecule has 4 nitrogen and oxygen atoms in total. The van der Waals surface area contributed by atoms with E-state index in [0.29, 0.717) is 5.39 Å². The molecular weight excluding hydrogens is 256 g/mol. The van der Waals surface area contributed by atoms with Crippen LogP contribution in [0.4, 0.5) is 0 Å². The van der Waals surface area contributed by atoms with Gasteiger partial charge in [-0.25, -0.2) is 0 Å². The number of aromatic hydroxyl groups is 4. The number of benzene rings is 3. The van der Waals surface area contributed by atoms with Crippen LogP contribution in [0.5, 0.6) is 23.0 Å². The normalized spacial score (nSPS) is 9.80.